The maximum atomic E-state index is 12.9. The minimum absolute atomic E-state index is 0.219. The van der Waals surface area contributed by atoms with Crippen molar-refractivity contribution in [3.63, 3.8) is 0 Å². The Labute approximate surface area is 181 Å². The molecule has 0 saturated heterocycles. The SMILES string of the molecule is Cc1ccc(C2=NN(C(=O)COC(=O)CCc3ccccc3)[C@H](c3ccco3)C2)cc1. The molecule has 1 atom stereocenters. The van der Waals surface area contributed by atoms with Crippen LogP contribution in [0.3, 0.4) is 0 Å². The van der Waals surface area contributed by atoms with E-state index < -0.39 is 5.97 Å². The normalized spacial score (nSPS) is 15.6. The van der Waals surface area contributed by atoms with Gasteiger partial charge in [0, 0.05) is 12.8 Å². The highest BCUT2D eigenvalue weighted by molar-refractivity contribution is 6.03. The van der Waals surface area contributed by atoms with Crippen LogP contribution in [-0.2, 0) is 20.7 Å². The summed E-state index contributed by atoms with van der Waals surface area (Å²) in [7, 11) is 0. The Morgan fingerprint density at radius 2 is 1.84 bits per heavy atom. The summed E-state index contributed by atoms with van der Waals surface area (Å²) in [6.45, 7) is 1.67. The van der Waals surface area contributed by atoms with Crippen LogP contribution in [-0.4, -0.2) is 29.2 Å². The fourth-order valence-electron chi connectivity index (χ4n) is 3.53. The Hall–Kier alpha value is -3.67. The fourth-order valence-corrected chi connectivity index (χ4v) is 3.53. The molecule has 0 spiro atoms. The van der Waals surface area contributed by atoms with Crippen LogP contribution in [0.25, 0.3) is 0 Å². The molecule has 0 N–H and O–H groups in total. The summed E-state index contributed by atoms with van der Waals surface area (Å²) in [5.41, 5.74) is 3.96. The van der Waals surface area contributed by atoms with E-state index in [1.807, 2.05) is 67.6 Å². The van der Waals surface area contributed by atoms with Gasteiger partial charge in [0.25, 0.3) is 5.91 Å². The van der Waals surface area contributed by atoms with E-state index in [1.165, 1.54) is 5.01 Å². The number of nitrogens with zero attached hydrogens (tertiary/aromatic N) is 2. The van der Waals surface area contributed by atoms with E-state index in [0.717, 1.165) is 22.4 Å². The zero-order valence-corrected chi connectivity index (χ0v) is 17.4. The molecule has 1 amide bonds. The van der Waals surface area contributed by atoms with Gasteiger partial charge in [0.1, 0.15) is 11.8 Å². The third-order valence-corrected chi connectivity index (χ3v) is 5.24. The van der Waals surface area contributed by atoms with Crippen molar-refractivity contribution in [3.05, 3.63) is 95.4 Å². The van der Waals surface area contributed by atoms with Gasteiger partial charge in [-0.1, -0.05) is 60.2 Å². The average molecular weight is 416 g/mol. The lowest BCUT2D eigenvalue weighted by atomic mass is 10.0. The van der Waals surface area contributed by atoms with Crippen molar-refractivity contribution in [1.29, 1.82) is 0 Å². The average Bonchev–Trinajstić information content (AvgIpc) is 3.47. The summed E-state index contributed by atoms with van der Waals surface area (Å²) in [5, 5.41) is 5.92. The Kier molecular flexibility index (Phi) is 6.26. The van der Waals surface area contributed by atoms with Crippen LogP contribution < -0.4 is 0 Å². The molecule has 0 radical (unpaired) electrons. The topological polar surface area (TPSA) is 72.1 Å². The molecule has 1 aliphatic heterocycles. The molecule has 1 aliphatic rings. The summed E-state index contributed by atoms with van der Waals surface area (Å²) in [6, 6.07) is 20.9. The molecule has 4 rings (SSSR count). The highest BCUT2D eigenvalue weighted by atomic mass is 16.5. The lowest BCUT2D eigenvalue weighted by Gasteiger charge is -2.19. The summed E-state index contributed by atoms with van der Waals surface area (Å²) in [6.07, 6.45) is 2.90. The Bertz CT molecular complexity index is 1060. The monoisotopic (exact) mass is 416 g/mol. The zero-order chi connectivity index (χ0) is 21.6. The number of hydrazone groups is 1. The van der Waals surface area contributed by atoms with E-state index in [0.29, 0.717) is 18.6 Å². The molecule has 2 aromatic carbocycles. The van der Waals surface area contributed by atoms with E-state index in [-0.39, 0.29) is 25.0 Å². The summed E-state index contributed by atoms with van der Waals surface area (Å²) < 4.78 is 10.8. The predicted molar refractivity (Wildman–Crippen MR) is 116 cm³/mol. The molecule has 158 valence electrons. The Balaban J connectivity index is 1.41. The number of esters is 1. The number of carbonyl (C=O) groups is 2. The second kappa shape index (κ2) is 9.43. The van der Waals surface area contributed by atoms with Gasteiger partial charge in [0.2, 0.25) is 0 Å². The van der Waals surface area contributed by atoms with Gasteiger partial charge in [-0.3, -0.25) is 9.59 Å². The van der Waals surface area contributed by atoms with Crippen molar-refractivity contribution >= 4 is 17.6 Å². The quantitative estimate of drug-likeness (QED) is 0.534. The molecular weight excluding hydrogens is 392 g/mol. The number of hydrogen-bond acceptors (Lipinski definition) is 5. The fraction of sp³-hybridized carbons (Fsp3) is 0.240. The van der Waals surface area contributed by atoms with E-state index in [9.17, 15) is 9.59 Å². The van der Waals surface area contributed by atoms with Gasteiger partial charge in [-0.15, -0.1) is 0 Å². The van der Waals surface area contributed by atoms with Gasteiger partial charge in [0.05, 0.1) is 12.0 Å². The highest BCUT2D eigenvalue weighted by Crippen LogP contribution is 2.33. The molecule has 6 heteroatoms. The first-order valence-corrected chi connectivity index (χ1v) is 10.3. The maximum Gasteiger partial charge on any atom is 0.306 e. The number of ether oxygens (including phenoxy) is 1. The minimum Gasteiger partial charge on any atom is -0.467 e. The largest absolute Gasteiger partial charge is 0.467 e. The van der Waals surface area contributed by atoms with Crippen molar-refractivity contribution in [1.82, 2.24) is 5.01 Å². The van der Waals surface area contributed by atoms with E-state index in [2.05, 4.69) is 5.10 Å². The van der Waals surface area contributed by atoms with Gasteiger partial charge in [-0.25, -0.2) is 5.01 Å². The molecule has 3 aromatic rings. The molecule has 0 fully saturated rings. The van der Waals surface area contributed by atoms with Gasteiger partial charge < -0.3 is 9.15 Å². The lowest BCUT2D eigenvalue weighted by molar-refractivity contribution is -0.152. The first-order chi connectivity index (χ1) is 15.1. The smallest absolute Gasteiger partial charge is 0.306 e. The second-order valence-electron chi connectivity index (χ2n) is 7.53. The van der Waals surface area contributed by atoms with Crippen molar-refractivity contribution in [3.8, 4) is 0 Å². The number of carbonyl (C=O) groups excluding carboxylic acids is 2. The molecule has 2 heterocycles. The lowest BCUT2D eigenvalue weighted by Crippen LogP contribution is -2.31. The number of rotatable bonds is 7. The van der Waals surface area contributed by atoms with Crippen molar-refractivity contribution in [2.24, 2.45) is 5.10 Å². The molecular formula is C25H24N2O4. The van der Waals surface area contributed by atoms with Gasteiger partial charge in [-0.2, -0.15) is 5.10 Å². The summed E-state index contributed by atoms with van der Waals surface area (Å²) in [4.78, 5) is 25.0. The van der Waals surface area contributed by atoms with Crippen LogP contribution in [0.15, 0.2) is 82.5 Å². The third-order valence-electron chi connectivity index (χ3n) is 5.24. The molecule has 0 saturated carbocycles. The van der Waals surface area contributed by atoms with Crippen LogP contribution in [0.4, 0.5) is 0 Å². The molecule has 0 bridgehead atoms. The highest BCUT2D eigenvalue weighted by Gasteiger charge is 2.35. The number of amides is 1. The minimum atomic E-state index is -0.409. The second-order valence-corrected chi connectivity index (χ2v) is 7.53. The number of aryl methyl sites for hydroxylation is 2. The van der Waals surface area contributed by atoms with Crippen LogP contribution in [0.2, 0.25) is 0 Å². The zero-order valence-electron chi connectivity index (χ0n) is 17.4. The molecule has 6 nitrogen and oxygen atoms in total. The van der Waals surface area contributed by atoms with Crippen LogP contribution in [0, 0.1) is 6.92 Å². The van der Waals surface area contributed by atoms with Crippen molar-refractivity contribution in [2.45, 2.75) is 32.2 Å². The first-order valence-electron chi connectivity index (χ1n) is 10.3. The van der Waals surface area contributed by atoms with Crippen LogP contribution >= 0.6 is 0 Å². The van der Waals surface area contributed by atoms with E-state index in [4.69, 9.17) is 9.15 Å². The molecule has 31 heavy (non-hydrogen) atoms. The Morgan fingerprint density at radius 1 is 1.06 bits per heavy atom. The van der Waals surface area contributed by atoms with Crippen LogP contribution in [0.5, 0.6) is 0 Å². The molecule has 1 aromatic heterocycles. The third kappa shape index (κ3) is 5.09. The molecule has 0 unspecified atom stereocenters. The standard InChI is InChI=1S/C25H24N2O4/c1-18-9-12-20(13-10-18)21-16-22(23-8-5-15-30-23)27(26-21)24(28)17-31-25(29)14-11-19-6-3-2-4-7-19/h2-10,12-13,15,22H,11,14,16-17H2,1H3/t22-/m0/s1. The number of furan rings is 1. The Morgan fingerprint density at radius 3 is 2.55 bits per heavy atom. The van der Waals surface area contributed by atoms with E-state index >= 15 is 0 Å². The van der Waals surface area contributed by atoms with Gasteiger partial charge in [0.15, 0.2) is 6.61 Å². The van der Waals surface area contributed by atoms with Gasteiger partial charge in [-0.05, 0) is 36.6 Å². The number of benzene rings is 2. The van der Waals surface area contributed by atoms with E-state index in [1.54, 1.807) is 12.3 Å². The molecule has 0 aliphatic carbocycles. The first kappa shape index (κ1) is 20.6. The van der Waals surface area contributed by atoms with Crippen LogP contribution in [0.1, 0.15) is 41.3 Å². The summed E-state index contributed by atoms with van der Waals surface area (Å²) >= 11 is 0. The predicted octanol–water partition coefficient (Wildman–Crippen LogP) is 4.44. The van der Waals surface area contributed by atoms with Gasteiger partial charge >= 0.3 is 5.97 Å². The van der Waals surface area contributed by atoms with Crippen molar-refractivity contribution < 1.29 is 18.7 Å². The summed E-state index contributed by atoms with van der Waals surface area (Å²) in [5.74, 6) is -0.139. The maximum absolute atomic E-state index is 12.9. The number of hydrogen-bond donors (Lipinski definition) is 0. The van der Waals surface area contributed by atoms with Crippen molar-refractivity contribution in [2.75, 3.05) is 6.61 Å².